The molecule has 7 nitrogen and oxygen atoms in total. The molecule has 3 heterocycles. The van der Waals surface area contributed by atoms with E-state index in [1.54, 1.807) is 6.07 Å². The van der Waals surface area contributed by atoms with Crippen LogP contribution in [0.3, 0.4) is 0 Å². The van der Waals surface area contributed by atoms with Crippen LogP contribution in [0.15, 0.2) is 30.6 Å². The third kappa shape index (κ3) is 4.00. The number of primary amides is 1. The molecular formula is C23H29ClN4O3. The van der Waals surface area contributed by atoms with Crippen molar-refractivity contribution in [3.05, 3.63) is 52.3 Å². The van der Waals surface area contributed by atoms with Crippen molar-refractivity contribution in [2.45, 2.75) is 68.9 Å². The van der Waals surface area contributed by atoms with Crippen molar-refractivity contribution in [3.63, 3.8) is 0 Å². The van der Waals surface area contributed by atoms with Gasteiger partial charge in [-0.2, -0.15) is 5.10 Å². The number of aromatic nitrogens is 2. The molecule has 166 valence electrons. The van der Waals surface area contributed by atoms with Crippen LogP contribution < -0.4 is 5.73 Å². The number of hydrogen-bond donors (Lipinski definition) is 2. The van der Waals surface area contributed by atoms with Gasteiger partial charge in [0, 0.05) is 43.0 Å². The van der Waals surface area contributed by atoms with Gasteiger partial charge >= 0.3 is 0 Å². The summed E-state index contributed by atoms with van der Waals surface area (Å²) in [6.45, 7) is 3.27. The normalized spacial score (nSPS) is 24.1. The van der Waals surface area contributed by atoms with Gasteiger partial charge in [0.15, 0.2) is 6.10 Å². The highest BCUT2D eigenvalue weighted by Gasteiger charge is 2.48. The van der Waals surface area contributed by atoms with Crippen LogP contribution >= 0.6 is 11.6 Å². The lowest BCUT2D eigenvalue weighted by Crippen LogP contribution is -2.42. The molecular weight excluding hydrogens is 416 g/mol. The van der Waals surface area contributed by atoms with E-state index < -0.39 is 23.2 Å². The SMILES string of the molecule is NC(=O)C1OC2(CCN(Cc3cnn(CCC4(O)CCC4)c3)CC2)c2cc(Cl)ccc21. The summed E-state index contributed by atoms with van der Waals surface area (Å²) in [5, 5.41) is 15.4. The second-order valence-corrected chi connectivity index (χ2v) is 9.78. The van der Waals surface area contributed by atoms with Gasteiger partial charge in [0.25, 0.3) is 5.91 Å². The molecule has 1 saturated carbocycles. The van der Waals surface area contributed by atoms with Crippen LogP contribution in [0.2, 0.25) is 5.02 Å². The zero-order chi connectivity index (χ0) is 21.6. The largest absolute Gasteiger partial charge is 0.390 e. The van der Waals surface area contributed by atoms with Gasteiger partial charge in [-0.3, -0.25) is 14.4 Å². The molecule has 2 fully saturated rings. The Morgan fingerprint density at radius 1 is 1.29 bits per heavy atom. The number of benzene rings is 1. The van der Waals surface area contributed by atoms with Crippen molar-refractivity contribution in [1.82, 2.24) is 14.7 Å². The maximum Gasteiger partial charge on any atom is 0.251 e. The first-order valence-corrected chi connectivity index (χ1v) is 11.5. The fourth-order valence-corrected chi connectivity index (χ4v) is 5.37. The average molecular weight is 445 g/mol. The molecule has 0 radical (unpaired) electrons. The second kappa shape index (κ2) is 7.89. The Kier molecular flexibility index (Phi) is 5.33. The van der Waals surface area contributed by atoms with Crippen LogP contribution in [0.1, 0.15) is 61.3 Å². The molecule has 8 heteroatoms. The minimum atomic E-state index is -0.706. The van der Waals surface area contributed by atoms with E-state index in [4.69, 9.17) is 22.1 Å². The number of likely N-dealkylation sites (tertiary alicyclic amines) is 1. The zero-order valence-electron chi connectivity index (χ0n) is 17.6. The van der Waals surface area contributed by atoms with Crippen molar-refractivity contribution in [2.24, 2.45) is 5.73 Å². The standard InChI is InChI=1S/C23H29ClN4O3/c24-17-2-3-18-19(12-17)23(31-20(18)21(25)29)7-9-27(10-8-23)14-16-13-26-28(15-16)11-6-22(30)4-1-5-22/h2-3,12-13,15,20,30H,1,4-11,14H2,(H2,25,29). The summed E-state index contributed by atoms with van der Waals surface area (Å²) in [4.78, 5) is 14.3. The Bertz CT molecular complexity index is 979. The number of ether oxygens (including phenoxy) is 1. The smallest absolute Gasteiger partial charge is 0.251 e. The Balaban J connectivity index is 1.21. The zero-order valence-corrected chi connectivity index (χ0v) is 18.4. The lowest BCUT2D eigenvalue weighted by molar-refractivity contribution is -0.148. The lowest BCUT2D eigenvalue weighted by atomic mass is 9.78. The number of aryl methyl sites for hydroxylation is 1. The maximum absolute atomic E-state index is 12.0. The monoisotopic (exact) mass is 444 g/mol. The van der Waals surface area contributed by atoms with Gasteiger partial charge in [0.2, 0.25) is 0 Å². The molecule has 1 spiro atoms. The number of rotatable bonds is 6. The summed E-state index contributed by atoms with van der Waals surface area (Å²) in [6, 6.07) is 5.58. The fourth-order valence-electron chi connectivity index (χ4n) is 5.20. The molecule has 1 aromatic heterocycles. The highest BCUT2D eigenvalue weighted by atomic mass is 35.5. The third-order valence-corrected chi connectivity index (χ3v) is 7.47. The van der Waals surface area contributed by atoms with Gasteiger partial charge in [-0.05, 0) is 61.8 Å². The summed E-state index contributed by atoms with van der Waals surface area (Å²) in [6.07, 6.45) is 8.56. The van der Waals surface area contributed by atoms with Gasteiger partial charge in [-0.15, -0.1) is 0 Å². The van der Waals surface area contributed by atoms with Gasteiger partial charge in [0.05, 0.1) is 17.4 Å². The number of nitrogens with zero attached hydrogens (tertiary/aromatic N) is 3. The lowest BCUT2D eigenvalue weighted by Gasteiger charge is -2.39. The van der Waals surface area contributed by atoms with Crippen molar-refractivity contribution in [1.29, 1.82) is 0 Å². The van der Waals surface area contributed by atoms with Crippen molar-refractivity contribution < 1.29 is 14.6 Å². The topological polar surface area (TPSA) is 93.6 Å². The number of halogens is 1. The molecule has 1 unspecified atom stereocenters. The van der Waals surface area contributed by atoms with E-state index in [-0.39, 0.29) is 0 Å². The first kappa shape index (κ1) is 20.9. The summed E-state index contributed by atoms with van der Waals surface area (Å²) >= 11 is 6.25. The van der Waals surface area contributed by atoms with Crippen LogP contribution in [-0.2, 0) is 28.2 Å². The molecule has 0 bridgehead atoms. The molecule has 1 saturated heterocycles. The predicted octanol–water partition coefficient (Wildman–Crippen LogP) is 2.89. The highest BCUT2D eigenvalue weighted by Crippen LogP contribution is 2.50. The van der Waals surface area contributed by atoms with E-state index in [9.17, 15) is 9.90 Å². The van der Waals surface area contributed by atoms with Crippen molar-refractivity contribution in [2.75, 3.05) is 13.1 Å². The molecule has 3 aliphatic rings. The van der Waals surface area contributed by atoms with E-state index in [0.717, 1.165) is 75.8 Å². The molecule has 1 atom stereocenters. The first-order valence-electron chi connectivity index (χ1n) is 11.1. The Morgan fingerprint density at radius 3 is 2.74 bits per heavy atom. The number of carbonyl (C=O) groups excluding carboxylic acids is 1. The molecule has 1 aromatic carbocycles. The summed E-state index contributed by atoms with van der Waals surface area (Å²) in [5.41, 5.74) is 7.65. The van der Waals surface area contributed by atoms with E-state index in [1.807, 2.05) is 23.0 Å². The fraction of sp³-hybridized carbons (Fsp3) is 0.565. The van der Waals surface area contributed by atoms with Crippen LogP contribution in [-0.4, -0.2) is 44.4 Å². The summed E-state index contributed by atoms with van der Waals surface area (Å²) in [7, 11) is 0. The molecule has 5 rings (SSSR count). The number of fused-ring (bicyclic) bond motifs is 2. The second-order valence-electron chi connectivity index (χ2n) is 9.34. The number of amides is 1. The average Bonchev–Trinajstić information content (AvgIpc) is 3.30. The summed E-state index contributed by atoms with van der Waals surface area (Å²) < 4.78 is 8.20. The van der Waals surface area contributed by atoms with E-state index in [2.05, 4.69) is 16.2 Å². The van der Waals surface area contributed by atoms with E-state index >= 15 is 0 Å². The van der Waals surface area contributed by atoms with Crippen LogP contribution in [0.5, 0.6) is 0 Å². The molecule has 2 aromatic rings. The van der Waals surface area contributed by atoms with Crippen LogP contribution in [0.4, 0.5) is 0 Å². The van der Waals surface area contributed by atoms with Gasteiger partial charge in [0.1, 0.15) is 0 Å². The Labute approximate surface area is 187 Å². The minimum absolute atomic E-state index is 0.457. The van der Waals surface area contributed by atoms with Crippen molar-refractivity contribution in [3.8, 4) is 0 Å². The van der Waals surface area contributed by atoms with E-state index in [1.165, 1.54) is 5.56 Å². The molecule has 1 amide bonds. The third-order valence-electron chi connectivity index (χ3n) is 7.24. The molecule has 3 N–H and O–H groups in total. The van der Waals surface area contributed by atoms with Gasteiger partial charge in [-0.25, -0.2) is 0 Å². The maximum atomic E-state index is 12.0. The molecule has 2 aliphatic heterocycles. The van der Waals surface area contributed by atoms with Crippen LogP contribution in [0, 0.1) is 0 Å². The van der Waals surface area contributed by atoms with Crippen molar-refractivity contribution >= 4 is 17.5 Å². The number of aliphatic hydroxyl groups is 1. The number of nitrogens with two attached hydrogens (primary N) is 1. The quantitative estimate of drug-likeness (QED) is 0.714. The van der Waals surface area contributed by atoms with Gasteiger partial charge < -0.3 is 15.6 Å². The minimum Gasteiger partial charge on any atom is -0.390 e. The highest BCUT2D eigenvalue weighted by molar-refractivity contribution is 6.30. The Hall–Kier alpha value is -1.93. The molecule has 31 heavy (non-hydrogen) atoms. The van der Waals surface area contributed by atoms with Crippen LogP contribution in [0.25, 0.3) is 0 Å². The Morgan fingerprint density at radius 2 is 2.06 bits per heavy atom. The summed E-state index contributed by atoms with van der Waals surface area (Å²) in [5.74, 6) is -0.457. The number of piperidine rings is 1. The predicted molar refractivity (Wildman–Crippen MR) is 116 cm³/mol. The first-order chi connectivity index (χ1) is 14.9. The van der Waals surface area contributed by atoms with Gasteiger partial charge in [-0.1, -0.05) is 17.7 Å². The number of hydrogen-bond acceptors (Lipinski definition) is 5. The van der Waals surface area contributed by atoms with E-state index in [0.29, 0.717) is 5.02 Å². The number of carbonyl (C=O) groups is 1. The molecule has 1 aliphatic carbocycles.